The fourth-order valence-electron chi connectivity index (χ4n) is 2.37. The van der Waals surface area contributed by atoms with Gasteiger partial charge in [0.05, 0.1) is 10.6 Å². The molecule has 1 aromatic carbocycles. The lowest BCUT2D eigenvalue weighted by atomic mass is 9.85. The SMILES string of the molecule is CC(C)(C)c1cccc(-c2cccc(C(=N)N)n2)c1S(N)(=O)=O. The molecule has 0 aliphatic carbocycles. The minimum atomic E-state index is -3.95. The van der Waals surface area contributed by atoms with Crippen molar-refractivity contribution in [2.45, 2.75) is 31.1 Å². The zero-order valence-electron chi connectivity index (χ0n) is 13.3. The molecule has 6 nitrogen and oxygen atoms in total. The van der Waals surface area contributed by atoms with Gasteiger partial charge in [0.15, 0.2) is 0 Å². The average Bonchev–Trinajstić information content (AvgIpc) is 2.44. The quantitative estimate of drug-likeness (QED) is 0.587. The lowest BCUT2D eigenvalue weighted by Gasteiger charge is -2.23. The summed E-state index contributed by atoms with van der Waals surface area (Å²) in [5.41, 5.74) is 6.77. The second-order valence-corrected chi connectivity index (χ2v) is 7.80. The number of amidine groups is 1. The van der Waals surface area contributed by atoms with E-state index in [1.54, 1.807) is 36.4 Å². The number of sulfonamides is 1. The third kappa shape index (κ3) is 3.57. The normalized spacial score (nSPS) is 12.2. The van der Waals surface area contributed by atoms with E-state index in [0.29, 0.717) is 16.8 Å². The van der Waals surface area contributed by atoms with Crippen molar-refractivity contribution in [3.05, 3.63) is 47.7 Å². The lowest BCUT2D eigenvalue weighted by Crippen LogP contribution is -2.22. The van der Waals surface area contributed by atoms with Crippen LogP contribution in [-0.2, 0) is 15.4 Å². The number of pyridine rings is 1. The Morgan fingerprint density at radius 2 is 1.74 bits per heavy atom. The van der Waals surface area contributed by atoms with Gasteiger partial charge in [0, 0.05) is 5.56 Å². The Kier molecular flexibility index (Phi) is 4.28. The summed E-state index contributed by atoms with van der Waals surface area (Å²) in [6, 6.07) is 10.1. The van der Waals surface area contributed by atoms with Crippen molar-refractivity contribution < 1.29 is 8.42 Å². The number of hydrogen-bond acceptors (Lipinski definition) is 4. The Hall–Kier alpha value is -2.25. The molecule has 122 valence electrons. The molecule has 1 aromatic heterocycles. The van der Waals surface area contributed by atoms with Crippen LogP contribution in [0, 0.1) is 5.41 Å². The minimum absolute atomic E-state index is 0.0562. The predicted octanol–water partition coefficient (Wildman–Crippen LogP) is 1.98. The van der Waals surface area contributed by atoms with E-state index in [9.17, 15) is 8.42 Å². The molecule has 2 rings (SSSR count). The zero-order valence-corrected chi connectivity index (χ0v) is 14.1. The van der Waals surface area contributed by atoms with Crippen molar-refractivity contribution in [1.29, 1.82) is 5.41 Å². The van der Waals surface area contributed by atoms with Gasteiger partial charge in [0.1, 0.15) is 11.5 Å². The zero-order chi connectivity index (χ0) is 17.4. The topological polar surface area (TPSA) is 123 Å². The maximum Gasteiger partial charge on any atom is 0.239 e. The van der Waals surface area contributed by atoms with Crippen LogP contribution in [-0.4, -0.2) is 19.2 Å². The maximum absolute atomic E-state index is 12.2. The van der Waals surface area contributed by atoms with Crippen molar-refractivity contribution in [2.24, 2.45) is 10.9 Å². The molecule has 0 saturated carbocycles. The molecule has 0 radical (unpaired) electrons. The van der Waals surface area contributed by atoms with Crippen LogP contribution >= 0.6 is 0 Å². The highest BCUT2D eigenvalue weighted by molar-refractivity contribution is 7.89. The number of primary sulfonamides is 1. The largest absolute Gasteiger partial charge is 0.382 e. The Bertz CT molecular complexity index is 868. The molecule has 0 amide bonds. The number of nitrogens with zero attached hydrogens (tertiary/aromatic N) is 1. The standard InChI is InChI=1S/C16H20N4O2S/c1-16(2,3)11-7-4-6-10(14(11)23(19,21)22)12-8-5-9-13(20-12)15(17)18/h4-9H,1-3H3,(H3,17,18)(H2,19,21,22). The highest BCUT2D eigenvalue weighted by Crippen LogP contribution is 2.35. The molecule has 7 heteroatoms. The van der Waals surface area contributed by atoms with Crippen molar-refractivity contribution in [3.63, 3.8) is 0 Å². The summed E-state index contributed by atoms with van der Waals surface area (Å²) in [5.74, 6) is -0.184. The Balaban J connectivity index is 2.83. The Labute approximate surface area is 136 Å². The van der Waals surface area contributed by atoms with Crippen LogP contribution in [0.4, 0.5) is 0 Å². The van der Waals surface area contributed by atoms with Gasteiger partial charge >= 0.3 is 0 Å². The first kappa shape index (κ1) is 17.1. The summed E-state index contributed by atoms with van der Waals surface area (Å²) in [5, 5.41) is 13.0. The van der Waals surface area contributed by atoms with E-state index < -0.39 is 15.4 Å². The number of rotatable bonds is 3. The Morgan fingerprint density at radius 1 is 1.13 bits per heavy atom. The third-order valence-corrected chi connectivity index (χ3v) is 4.42. The molecule has 0 aliphatic heterocycles. The molecule has 0 spiro atoms. The van der Waals surface area contributed by atoms with Gasteiger partial charge in [-0.25, -0.2) is 18.5 Å². The number of nitrogen functional groups attached to an aromatic ring is 1. The minimum Gasteiger partial charge on any atom is -0.382 e. The first-order valence-electron chi connectivity index (χ1n) is 7.00. The second kappa shape index (κ2) is 5.75. The highest BCUT2D eigenvalue weighted by atomic mass is 32.2. The van der Waals surface area contributed by atoms with Crippen LogP contribution in [0.15, 0.2) is 41.3 Å². The van der Waals surface area contributed by atoms with E-state index >= 15 is 0 Å². The van der Waals surface area contributed by atoms with Gasteiger partial charge < -0.3 is 5.73 Å². The van der Waals surface area contributed by atoms with E-state index in [-0.39, 0.29) is 16.4 Å². The third-order valence-electron chi connectivity index (χ3n) is 3.41. The molecule has 0 fully saturated rings. The second-order valence-electron chi connectivity index (χ2n) is 6.30. The Morgan fingerprint density at radius 3 is 2.26 bits per heavy atom. The average molecular weight is 332 g/mol. The van der Waals surface area contributed by atoms with Gasteiger partial charge in [-0.1, -0.05) is 45.0 Å². The summed E-state index contributed by atoms with van der Waals surface area (Å²) in [4.78, 5) is 4.33. The number of hydrogen-bond donors (Lipinski definition) is 3. The molecular weight excluding hydrogens is 312 g/mol. The molecule has 0 bridgehead atoms. The number of nitrogens with two attached hydrogens (primary N) is 2. The first-order valence-corrected chi connectivity index (χ1v) is 8.54. The number of nitrogens with one attached hydrogen (secondary N) is 1. The van der Waals surface area contributed by atoms with E-state index in [4.69, 9.17) is 16.3 Å². The fraction of sp³-hybridized carbons (Fsp3) is 0.250. The van der Waals surface area contributed by atoms with E-state index in [1.165, 1.54) is 0 Å². The fourth-order valence-corrected chi connectivity index (χ4v) is 3.53. The van der Waals surface area contributed by atoms with E-state index in [2.05, 4.69) is 4.98 Å². The molecule has 23 heavy (non-hydrogen) atoms. The van der Waals surface area contributed by atoms with Crippen LogP contribution in [0.3, 0.4) is 0 Å². The van der Waals surface area contributed by atoms with Crippen LogP contribution in [0.5, 0.6) is 0 Å². The molecular formula is C16H20N4O2S. The molecule has 0 unspecified atom stereocenters. The first-order chi connectivity index (χ1) is 10.5. The van der Waals surface area contributed by atoms with Gasteiger partial charge in [0.2, 0.25) is 10.0 Å². The highest BCUT2D eigenvalue weighted by Gasteiger charge is 2.27. The summed E-state index contributed by atoms with van der Waals surface area (Å²) in [6.45, 7) is 5.75. The van der Waals surface area contributed by atoms with Crippen molar-refractivity contribution in [2.75, 3.05) is 0 Å². The van der Waals surface area contributed by atoms with E-state index in [1.807, 2.05) is 20.8 Å². The number of benzene rings is 1. The van der Waals surface area contributed by atoms with Crippen molar-refractivity contribution in [1.82, 2.24) is 4.98 Å². The van der Waals surface area contributed by atoms with Crippen molar-refractivity contribution in [3.8, 4) is 11.3 Å². The van der Waals surface area contributed by atoms with Crippen LogP contribution in [0.1, 0.15) is 32.0 Å². The van der Waals surface area contributed by atoms with Gasteiger partial charge in [-0.05, 0) is 23.1 Å². The monoisotopic (exact) mass is 332 g/mol. The van der Waals surface area contributed by atoms with E-state index in [0.717, 1.165) is 0 Å². The van der Waals surface area contributed by atoms with Gasteiger partial charge in [-0.3, -0.25) is 5.41 Å². The molecule has 1 heterocycles. The maximum atomic E-state index is 12.2. The molecule has 0 atom stereocenters. The smallest absolute Gasteiger partial charge is 0.239 e. The predicted molar refractivity (Wildman–Crippen MR) is 90.8 cm³/mol. The molecule has 5 N–H and O–H groups in total. The summed E-state index contributed by atoms with van der Waals surface area (Å²) in [6.07, 6.45) is 0. The number of aromatic nitrogens is 1. The van der Waals surface area contributed by atoms with Gasteiger partial charge in [-0.15, -0.1) is 0 Å². The van der Waals surface area contributed by atoms with Crippen molar-refractivity contribution >= 4 is 15.9 Å². The van der Waals surface area contributed by atoms with Gasteiger partial charge in [-0.2, -0.15) is 0 Å². The van der Waals surface area contributed by atoms with Crippen LogP contribution in [0.25, 0.3) is 11.3 Å². The molecule has 2 aromatic rings. The van der Waals surface area contributed by atoms with Crippen LogP contribution < -0.4 is 10.9 Å². The summed E-state index contributed by atoms with van der Waals surface area (Å²) < 4.78 is 24.4. The molecule has 0 aliphatic rings. The molecule has 0 saturated heterocycles. The van der Waals surface area contributed by atoms with Crippen LogP contribution in [0.2, 0.25) is 0 Å². The summed E-state index contributed by atoms with van der Waals surface area (Å²) in [7, 11) is -3.95. The summed E-state index contributed by atoms with van der Waals surface area (Å²) >= 11 is 0. The van der Waals surface area contributed by atoms with Gasteiger partial charge in [0.25, 0.3) is 0 Å². The lowest BCUT2D eigenvalue weighted by molar-refractivity contribution is 0.562.